The molecule has 0 bridgehead atoms. The van der Waals surface area contributed by atoms with Gasteiger partial charge in [-0.2, -0.15) is 0 Å². The third kappa shape index (κ3) is 5.01. The van der Waals surface area contributed by atoms with E-state index in [0.717, 1.165) is 18.7 Å². The molecule has 1 aliphatic carbocycles. The summed E-state index contributed by atoms with van der Waals surface area (Å²) in [5, 5.41) is 0. The number of ether oxygens (including phenoxy) is 1. The van der Waals surface area contributed by atoms with E-state index in [0.29, 0.717) is 24.2 Å². The van der Waals surface area contributed by atoms with Crippen LogP contribution in [-0.2, 0) is 9.53 Å². The number of rotatable bonds is 7. The summed E-state index contributed by atoms with van der Waals surface area (Å²) in [6, 6.07) is 8.90. The van der Waals surface area contributed by atoms with Gasteiger partial charge < -0.3 is 9.64 Å². The van der Waals surface area contributed by atoms with Gasteiger partial charge in [-0.05, 0) is 70.2 Å². The Labute approximate surface area is 175 Å². The quantitative estimate of drug-likeness (QED) is 0.603. The minimum Gasteiger partial charge on any atom is -0.420 e. The molecule has 1 unspecified atom stereocenters. The largest absolute Gasteiger partial charge is 0.420 e. The smallest absolute Gasteiger partial charge is 0.300 e. The molecule has 1 heterocycles. The monoisotopic (exact) mass is 397 g/mol. The SMILES string of the molecule is CCN1C(=O)/C(=C\c2ccc(N(CC)CC)cc2)OC1=NC(C)C1CCCCC1. The predicted octanol–water partition coefficient (Wildman–Crippen LogP) is 5.08. The molecule has 0 radical (unpaired) electrons. The van der Waals surface area contributed by atoms with Gasteiger partial charge in [0.05, 0.1) is 6.04 Å². The number of aliphatic imine (C=N–C) groups is 1. The summed E-state index contributed by atoms with van der Waals surface area (Å²) in [7, 11) is 0. The fourth-order valence-corrected chi connectivity index (χ4v) is 4.30. The second-order valence-corrected chi connectivity index (χ2v) is 7.97. The van der Waals surface area contributed by atoms with Crippen LogP contribution in [0.25, 0.3) is 6.08 Å². The minimum atomic E-state index is -0.102. The number of benzene rings is 1. The van der Waals surface area contributed by atoms with E-state index in [1.807, 2.05) is 25.1 Å². The molecule has 5 nitrogen and oxygen atoms in total. The summed E-state index contributed by atoms with van der Waals surface area (Å²) in [5.74, 6) is 0.848. The van der Waals surface area contributed by atoms with Crippen LogP contribution in [0.5, 0.6) is 0 Å². The highest BCUT2D eigenvalue weighted by molar-refractivity contribution is 6.11. The second kappa shape index (κ2) is 9.95. The van der Waals surface area contributed by atoms with E-state index >= 15 is 0 Å². The van der Waals surface area contributed by atoms with Gasteiger partial charge in [0.2, 0.25) is 0 Å². The number of carbonyl (C=O) groups excluding carboxylic acids is 1. The number of hydrogen-bond donors (Lipinski definition) is 0. The third-order valence-electron chi connectivity index (χ3n) is 6.17. The number of amidine groups is 1. The summed E-state index contributed by atoms with van der Waals surface area (Å²) in [6.45, 7) is 10.9. The Balaban J connectivity index is 1.76. The Bertz CT molecular complexity index is 744. The summed E-state index contributed by atoms with van der Waals surface area (Å²) < 4.78 is 5.94. The van der Waals surface area contributed by atoms with E-state index in [9.17, 15) is 4.79 Å². The molecule has 1 aliphatic heterocycles. The van der Waals surface area contributed by atoms with Crippen molar-refractivity contribution >= 4 is 23.7 Å². The maximum atomic E-state index is 12.8. The number of amides is 1. The lowest BCUT2D eigenvalue weighted by Crippen LogP contribution is -2.31. The highest BCUT2D eigenvalue weighted by Gasteiger charge is 2.34. The van der Waals surface area contributed by atoms with Crippen LogP contribution in [0.15, 0.2) is 35.0 Å². The van der Waals surface area contributed by atoms with Crippen molar-refractivity contribution in [1.82, 2.24) is 4.90 Å². The number of anilines is 1. The number of hydrogen-bond acceptors (Lipinski definition) is 4. The normalized spacial score (nSPS) is 21.7. The maximum Gasteiger partial charge on any atom is 0.300 e. The highest BCUT2D eigenvalue weighted by Crippen LogP contribution is 2.29. The zero-order valence-electron chi connectivity index (χ0n) is 18.4. The Hall–Kier alpha value is -2.30. The molecule has 1 saturated carbocycles. The van der Waals surface area contributed by atoms with Crippen LogP contribution < -0.4 is 4.90 Å². The summed E-state index contributed by atoms with van der Waals surface area (Å²) in [5.41, 5.74) is 2.15. The van der Waals surface area contributed by atoms with Crippen LogP contribution in [0.1, 0.15) is 65.4 Å². The lowest BCUT2D eigenvalue weighted by atomic mass is 9.85. The molecule has 2 aliphatic rings. The van der Waals surface area contributed by atoms with E-state index < -0.39 is 0 Å². The average Bonchev–Trinajstić information content (AvgIpc) is 3.04. The standard InChI is InChI=1S/C24H35N3O2/c1-5-26(6-2)21-15-13-19(14-16-21)17-22-23(28)27(7-3)24(29-22)25-18(4)20-11-9-8-10-12-20/h13-18,20H,5-12H2,1-4H3/b22-17+,25-24?. The Morgan fingerprint density at radius 3 is 2.38 bits per heavy atom. The van der Waals surface area contributed by atoms with Gasteiger partial charge in [-0.3, -0.25) is 9.69 Å². The van der Waals surface area contributed by atoms with E-state index in [1.165, 1.54) is 37.8 Å². The van der Waals surface area contributed by atoms with Gasteiger partial charge >= 0.3 is 6.02 Å². The van der Waals surface area contributed by atoms with Crippen molar-refractivity contribution in [1.29, 1.82) is 0 Å². The molecule has 0 N–H and O–H groups in total. The van der Waals surface area contributed by atoms with Crippen molar-refractivity contribution in [2.24, 2.45) is 10.9 Å². The minimum absolute atomic E-state index is 0.102. The lowest BCUT2D eigenvalue weighted by molar-refractivity contribution is -0.122. The van der Waals surface area contributed by atoms with Crippen LogP contribution in [-0.4, -0.2) is 42.5 Å². The van der Waals surface area contributed by atoms with Crippen molar-refractivity contribution < 1.29 is 9.53 Å². The molecule has 5 heteroatoms. The summed E-state index contributed by atoms with van der Waals surface area (Å²) in [6.07, 6.45) is 8.16. The van der Waals surface area contributed by atoms with E-state index in [4.69, 9.17) is 9.73 Å². The molecule has 1 aromatic carbocycles. The zero-order valence-corrected chi connectivity index (χ0v) is 18.4. The third-order valence-corrected chi connectivity index (χ3v) is 6.17. The van der Waals surface area contributed by atoms with Gasteiger partial charge in [0.15, 0.2) is 5.76 Å². The van der Waals surface area contributed by atoms with Crippen LogP contribution in [0.3, 0.4) is 0 Å². The first-order valence-corrected chi connectivity index (χ1v) is 11.2. The average molecular weight is 398 g/mol. The van der Waals surface area contributed by atoms with Gasteiger partial charge in [0.25, 0.3) is 5.91 Å². The molecule has 1 saturated heterocycles. The molecular weight excluding hydrogens is 362 g/mol. The van der Waals surface area contributed by atoms with Crippen molar-refractivity contribution in [3.63, 3.8) is 0 Å². The first kappa shape index (κ1) is 21.4. The fourth-order valence-electron chi connectivity index (χ4n) is 4.30. The Morgan fingerprint density at radius 2 is 1.79 bits per heavy atom. The van der Waals surface area contributed by atoms with Crippen LogP contribution in [0.4, 0.5) is 5.69 Å². The molecule has 1 amide bonds. The molecule has 0 aromatic heterocycles. The Kier molecular flexibility index (Phi) is 7.34. The van der Waals surface area contributed by atoms with E-state index in [1.54, 1.807) is 4.90 Å². The molecule has 1 atom stereocenters. The summed E-state index contributed by atoms with van der Waals surface area (Å²) in [4.78, 5) is 21.6. The van der Waals surface area contributed by atoms with Crippen molar-refractivity contribution in [3.05, 3.63) is 35.6 Å². The molecule has 2 fully saturated rings. The molecule has 3 rings (SSSR count). The molecule has 158 valence electrons. The van der Waals surface area contributed by atoms with Gasteiger partial charge in [0.1, 0.15) is 0 Å². The van der Waals surface area contributed by atoms with Crippen molar-refractivity contribution in [3.8, 4) is 0 Å². The first-order valence-electron chi connectivity index (χ1n) is 11.2. The van der Waals surface area contributed by atoms with Gasteiger partial charge in [0, 0.05) is 25.3 Å². The maximum absolute atomic E-state index is 12.8. The summed E-state index contributed by atoms with van der Waals surface area (Å²) >= 11 is 0. The molecule has 1 aromatic rings. The topological polar surface area (TPSA) is 45.1 Å². The number of likely N-dealkylation sites (N-methyl/N-ethyl adjacent to an activating group) is 1. The second-order valence-electron chi connectivity index (χ2n) is 7.97. The lowest BCUT2D eigenvalue weighted by Gasteiger charge is -2.25. The molecular formula is C24H35N3O2. The van der Waals surface area contributed by atoms with Crippen LogP contribution in [0, 0.1) is 5.92 Å². The van der Waals surface area contributed by atoms with E-state index in [-0.39, 0.29) is 11.9 Å². The highest BCUT2D eigenvalue weighted by atomic mass is 16.5. The number of carbonyl (C=O) groups is 1. The molecule has 29 heavy (non-hydrogen) atoms. The van der Waals surface area contributed by atoms with Crippen LogP contribution >= 0.6 is 0 Å². The number of nitrogens with zero attached hydrogens (tertiary/aromatic N) is 3. The van der Waals surface area contributed by atoms with Gasteiger partial charge in [-0.1, -0.05) is 31.4 Å². The predicted molar refractivity (Wildman–Crippen MR) is 120 cm³/mol. The fraction of sp³-hybridized carbons (Fsp3) is 0.583. The van der Waals surface area contributed by atoms with Crippen molar-refractivity contribution in [2.75, 3.05) is 24.5 Å². The van der Waals surface area contributed by atoms with Gasteiger partial charge in [-0.25, -0.2) is 4.99 Å². The molecule has 0 spiro atoms. The Morgan fingerprint density at radius 1 is 1.14 bits per heavy atom. The van der Waals surface area contributed by atoms with Gasteiger partial charge in [-0.15, -0.1) is 0 Å². The van der Waals surface area contributed by atoms with Crippen LogP contribution in [0.2, 0.25) is 0 Å². The first-order chi connectivity index (χ1) is 14.1. The zero-order chi connectivity index (χ0) is 20.8. The van der Waals surface area contributed by atoms with Crippen molar-refractivity contribution in [2.45, 2.75) is 65.8 Å². The van der Waals surface area contributed by atoms with E-state index in [2.05, 4.69) is 37.8 Å².